The summed E-state index contributed by atoms with van der Waals surface area (Å²) in [6, 6.07) is 11.3. The minimum absolute atomic E-state index is 0.0702. The summed E-state index contributed by atoms with van der Waals surface area (Å²) in [5.41, 5.74) is 6.11. The number of hydrogen-bond acceptors (Lipinski definition) is 6. The van der Waals surface area contributed by atoms with Crippen molar-refractivity contribution in [2.75, 3.05) is 17.3 Å². The van der Waals surface area contributed by atoms with Crippen LogP contribution >= 0.6 is 15.9 Å². The summed E-state index contributed by atoms with van der Waals surface area (Å²) in [5, 5.41) is 2.79. The van der Waals surface area contributed by atoms with E-state index in [2.05, 4.69) is 21.2 Å². The molecule has 1 amide bonds. The fourth-order valence-electron chi connectivity index (χ4n) is 5.10. The number of Topliss-reactive ketones (excluding diaryl/α,β-unsaturated/α-hetero) is 1. The lowest BCUT2D eigenvalue weighted by Gasteiger charge is -2.44. The molecule has 168 valence electrons. The molecule has 0 fully saturated rings. The number of ether oxygens (including phenoxy) is 1. The predicted octanol–water partition coefficient (Wildman–Crippen LogP) is 3.65. The number of para-hydroxylation sites is 1. The number of carbonyl (C=O) groups excluding carboxylic acids is 3. The number of nitrogens with one attached hydrogen (secondary N) is 1. The molecular weight excluding hydrogens is 493 g/mol. The molecule has 33 heavy (non-hydrogen) atoms. The maximum Gasteiger partial charge on any atom is 0.339 e. The van der Waals surface area contributed by atoms with Crippen LogP contribution < -0.4 is 16.0 Å². The number of anilines is 2. The van der Waals surface area contributed by atoms with Crippen LogP contribution in [0.15, 0.2) is 69.6 Å². The molecule has 3 aliphatic rings. The molecule has 2 aromatic rings. The van der Waals surface area contributed by atoms with E-state index in [9.17, 15) is 14.4 Å². The van der Waals surface area contributed by atoms with Crippen LogP contribution in [0.4, 0.5) is 15.8 Å². The van der Waals surface area contributed by atoms with Gasteiger partial charge in [-0.05, 0) is 37.1 Å². The van der Waals surface area contributed by atoms with E-state index >= 15 is 4.39 Å². The highest BCUT2D eigenvalue weighted by Gasteiger charge is 2.61. The van der Waals surface area contributed by atoms with Gasteiger partial charge >= 0.3 is 5.97 Å². The van der Waals surface area contributed by atoms with Gasteiger partial charge in [-0.15, -0.1) is 0 Å². The van der Waals surface area contributed by atoms with Gasteiger partial charge in [0.15, 0.2) is 5.78 Å². The van der Waals surface area contributed by atoms with Crippen molar-refractivity contribution in [1.82, 2.24) is 0 Å². The van der Waals surface area contributed by atoms with Gasteiger partial charge in [0, 0.05) is 33.4 Å². The fraction of sp³-hybridized carbons (Fsp3) is 0.208. The number of nitrogens with two attached hydrogens (primary N) is 1. The molecule has 0 radical (unpaired) electrons. The van der Waals surface area contributed by atoms with Crippen LogP contribution in [0, 0.1) is 5.82 Å². The summed E-state index contributed by atoms with van der Waals surface area (Å²) in [6.45, 7) is 0. The lowest BCUT2D eigenvalue weighted by molar-refractivity contribution is -0.138. The number of halogens is 2. The Morgan fingerprint density at radius 2 is 1.97 bits per heavy atom. The molecule has 9 heteroatoms. The Morgan fingerprint density at radius 1 is 1.21 bits per heavy atom. The van der Waals surface area contributed by atoms with Crippen LogP contribution in [0.5, 0.6) is 0 Å². The van der Waals surface area contributed by atoms with Gasteiger partial charge in [-0.25, -0.2) is 9.18 Å². The van der Waals surface area contributed by atoms with E-state index in [0.29, 0.717) is 34.3 Å². The Bertz CT molecular complexity index is 1320. The number of esters is 1. The Kier molecular flexibility index (Phi) is 4.89. The number of fused-ring (bicyclic) bond motifs is 3. The number of carbonyl (C=O) groups is 3. The van der Waals surface area contributed by atoms with Gasteiger partial charge in [0.25, 0.3) is 0 Å². The molecule has 1 atom stereocenters. The maximum absolute atomic E-state index is 15.1. The summed E-state index contributed by atoms with van der Waals surface area (Å²) in [4.78, 5) is 41.7. The number of benzene rings is 2. The molecule has 0 bridgehead atoms. The number of hydrogen-bond donors (Lipinski definition) is 2. The van der Waals surface area contributed by atoms with Crippen LogP contribution in [0.2, 0.25) is 0 Å². The third-order valence-corrected chi connectivity index (χ3v) is 6.86. The Morgan fingerprint density at radius 3 is 2.70 bits per heavy atom. The number of ketones is 1. The highest BCUT2D eigenvalue weighted by atomic mass is 79.9. The van der Waals surface area contributed by atoms with Crippen molar-refractivity contribution in [3.8, 4) is 0 Å². The Balaban J connectivity index is 1.92. The predicted molar refractivity (Wildman–Crippen MR) is 122 cm³/mol. The van der Waals surface area contributed by atoms with Gasteiger partial charge in [-0.2, -0.15) is 0 Å². The molecule has 2 aromatic carbocycles. The smallest absolute Gasteiger partial charge is 0.339 e. The highest BCUT2D eigenvalue weighted by molar-refractivity contribution is 9.10. The number of rotatable bonds is 2. The maximum atomic E-state index is 15.1. The molecule has 0 aromatic heterocycles. The molecule has 2 heterocycles. The summed E-state index contributed by atoms with van der Waals surface area (Å²) in [7, 11) is 1.17. The van der Waals surface area contributed by atoms with E-state index in [1.807, 2.05) is 0 Å². The third-order valence-electron chi connectivity index (χ3n) is 6.36. The van der Waals surface area contributed by atoms with Crippen LogP contribution in [0.25, 0.3) is 0 Å². The molecule has 1 aliphatic carbocycles. The number of allylic oxidation sites excluding steroid dienone is 1. The topological polar surface area (TPSA) is 102 Å². The van der Waals surface area contributed by atoms with Gasteiger partial charge in [0.05, 0.1) is 12.8 Å². The van der Waals surface area contributed by atoms with Gasteiger partial charge in [0.2, 0.25) is 5.91 Å². The lowest BCUT2D eigenvalue weighted by Crippen LogP contribution is -2.53. The minimum Gasteiger partial charge on any atom is -0.466 e. The summed E-state index contributed by atoms with van der Waals surface area (Å²) >= 11 is 3.24. The van der Waals surface area contributed by atoms with Crippen molar-refractivity contribution in [2.24, 2.45) is 5.73 Å². The van der Waals surface area contributed by atoms with Crippen molar-refractivity contribution in [2.45, 2.75) is 24.7 Å². The van der Waals surface area contributed by atoms with E-state index < -0.39 is 23.1 Å². The van der Waals surface area contributed by atoms with Crippen LogP contribution in [-0.4, -0.2) is 24.8 Å². The van der Waals surface area contributed by atoms with E-state index in [1.54, 1.807) is 30.3 Å². The van der Waals surface area contributed by atoms with E-state index in [4.69, 9.17) is 10.5 Å². The standard InChI is InChI=1S/C24H19BrFN3O4/c1-33-22(31)20-21(27)29(16-10-9-12(25)11-14(16)26)17-7-4-8-18(30)19(17)24(20)13-5-2-3-6-15(13)28-23(24)32/h2-3,5-6,9-11H,4,7-8,27H2,1H3,(H,28,32). The van der Waals surface area contributed by atoms with E-state index in [-0.39, 0.29) is 34.9 Å². The van der Waals surface area contributed by atoms with Gasteiger partial charge < -0.3 is 15.8 Å². The van der Waals surface area contributed by atoms with Crippen LogP contribution in [0.1, 0.15) is 24.8 Å². The molecule has 7 nitrogen and oxygen atoms in total. The van der Waals surface area contributed by atoms with Crippen molar-refractivity contribution in [3.63, 3.8) is 0 Å². The summed E-state index contributed by atoms with van der Waals surface area (Å²) in [6.07, 6.45) is 1.08. The lowest BCUT2D eigenvalue weighted by atomic mass is 9.63. The number of methoxy groups -OCH3 is 1. The van der Waals surface area contributed by atoms with Crippen molar-refractivity contribution in [1.29, 1.82) is 0 Å². The number of amides is 1. The van der Waals surface area contributed by atoms with Crippen molar-refractivity contribution in [3.05, 3.63) is 81.0 Å². The minimum atomic E-state index is -1.77. The molecule has 1 spiro atoms. The quantitative estimate of drug-likeness (QED) is 0.596. The van der Waals surface area contributed by atoms with Crippen LogP contribution in [0.3, 0.4) is 0 Å². The first-order valence-corrected chi connectivity index (χ1v) is 11.1. The molecule has 2 aliphatic heterocycles. The van der Waals surface area contributed by atoms with Crippen molar-refractivity contribution < 1.29 is 23.5 Å². The van der Waals surface area contributed by atoms with E-state index in [1.165, 1.54) is 24.1 Å². The highest BCUT2D eigenvalue weighted by Crippen LogP contribution is 2.55. The summed E-state index contributed by atoms with van der Waals surface area (Å²) in [5.74, 6) is -2.48. The largest absolute Gasteiger partial charge is 0.466 e. The molecule has 0 saturated carbocycles. The number of nitrogens with zero attached hydrogens (tertiary/aromatic N) is 1. The van der Waals surface area contributed by atoms with E-state index in [0.717, 1.165) is 0 Å². The molecule has 0 saturated heterocycles. The average Bonchev–Trinajstić information content (AvgIpc) is 3.07. The van der Waals surface area contributed by atoms with Gasteiger partial charge in [-0.1, -0.05) is 34.1 Å². The molecule has 5 rings (SSSR count). The van der Waals surface area contributed by atoms with Crippen molar-refractivity contribution >= 4 is 45.0 Å². The first kappa shape index (κ1) is 21.4. The Labute approximate surface area is 197 Å². The third kappa shape index (κ3) is 2.81. The van der Waals surface area contributed by atoms with Crippen LogP contribution in [-0.2, 0) is 24.5 Å². The molecule has 3 N–H and O–H groups in total. The van der Waals surface area contributed by atoms with Gasteiger partial charge in [-0.3, -0.25) is 14.5 Å². The zero-order valence-electron chi connectivity index (χ0n) is 17.6. The molecule has 1 unspecified atom stereocenters. The monoisotopic (exact) mass is 511 g/mol. The zero-order valence-corrected chi connectivity index (χ0v) is 19.2. The average molecular weight is 512 g/mol. The first-order valence-electron chi connectivity index (χ1n) is 10.3. The molecular formula is C24H19BrFN3O4. The summed E-state index contributed by atoms with van der Waals surface area (Å²) < 4.78 is 20.7. The second kappa shape index (κ2) is 7.55. The fourth-order valence-corrected chi connectivity index (χ4v) is 5.44. The second-order valence-corrected chi connectivity index (χ2v) is 8.95. The second-order valence-electron chi connectivity index (χ2n) is 8.03. The first-order chi connectivity index (χ1) is 15.8. The van der Waals surface area contributed by atoms with Gasteiger partial charge in [0.1, 0.15) is 22.6 Å². The zero-order chi connectivity index (χ0) is 23.5. The SMILES string of the molecule is COC(=O)C1=C(N)N(c2ccc(Br)cc2F)C2=C(C(=O)CCC2)C12C(=O)Nc1ccccc12. The Hall–Kier alpha value is -3.46. The normalized spacial score (nSPS) is 21.8.